The molecular formula is C14H20N2O3. The van der Waals surface area contributed by atoms with Crippen molar-refractivity contribution in [3.05, 3.63) is 12.1 Å². The summed E-state index contributed by atoms with van der Waals surface area (Å²) >= 11 is 0. The van der Waals surface area contributed by atoms with Gasteiger partial charge in [0.2, 0.25) is 5.91 Å². The Hall–Kier alpha value is -1.91. The van der Waals surface area contributed by atoms with Gasteiger partial charge in [0.05, 0.1) is 25.6 Å². The summed E-state index contributed by atoms with van der Waals surface area (Å²) in [4.78, 5) is 13.9. The smallest absolute Gasteiger partial charge is 0.249 e. The van der Waals surface area contributed by atoms with Crippen molar-refractivity contribution in [1.29, 1.82) is 0 Å². The van der Waals surface area contributed by atoms with E-state index in [0.29, 0.717) is 11.5 Å². The van der Waals surface area contributed by atoms with E-state index in [-0.39, 0.29) is 17.9 Å². The van der Waals surface area contributed by atoms with Crippen LogP contribution in [0.4, 0.5) is 11.4 Å². The van der Waals surface area contributed by atoms with E-state index in [1.165, 1.54) is 0 Å². The third kappa shape index (κ3) is 2.20. The topological polar surface area (TPSA) is 50.8 Å². The molecule has 0 fully saturated rings. The molecule has 0 saturated carbocycles. The molecule has 0 bridgehead atoms. The van der Waals surface area contributed by atoms with Gasteiger partial charge < -0.3 is 19.7 Å². The van der Waals surface area contributed by atoms with Crippen molar-refractivity contribution < 1.29 is 14.3 Å². The van der Waals surface area contributed by atoms with Gasteiger partial charge in [0.25, 0.3) is 0 Å². The first kappa shape index (κ1) is 13.5. The highest BCUT2D eigenvalue weighted by molar-refractivity contribution is 6.05. The number of hydrogen-bond donors (Lipinski definition) is 1. The summed E-state index contributed by atoms with van der Waals surface area (Å²) in [6, 6.07) is 3.47. The van der Waals surface area contributed by atoms with Crippen molar-refractivity contribution in [3.8, 4) is 11.5 Å². The zero-order valence-electron chi connectivity index (χ0n) is 12.0. The number of methoxy groups -OCH3 is 2. The summed E-state index contributed by atoms with van der Waals surface area (Å²) in [5.41, 5.74) is 1.69. The number of benzene rings is 1. The molecule has 5 nitrogen and oxygen atoms in total. The number of carbonyl (C=O) groups excluding carboxylic acids is 1. The fraction of sp³-hybridized carbons (Fsp3) is 0.500. The second kappa shape index (κ2) is 4.99. The van der Waals surface area contributed by atoms with Gasteiger partial charge in [0, 0.05) is 19.2 Å². The van der Waals surface area contributed by atoms with Crippen molar-refractivity contribution >= 4 is 17.3 Å². The molecule has 1 amide bonds. The van der Waals surface area contributed by atoms with Gasteiger partial charge in [-0.2, -0.15) is 0 Å². The molecule has 0 radical (unpaired) electrons. The summed E-state index contributed by atoms with van der Waals surface area (Å²) in [6.07, 6.45) is 0. The van der Waals surface area contributed by atoms with Crippen LogP contribution in [0, 0.1) is 5.92 Å². The molecule has 1 unspecified atom stereocenters. The Bertz CT molecular complexity index is 500. The van der Waals surface area contributed by atoms with Crippen molar-refractivity contribution in [2.24, 2.45) is 5.92 Å². The number of rotatable bonds is 3. The summed E-state index contributed by atoms with van der Waals surface area (Å²) in [6.45, 7) is 4.05. The Labute approximate surface area is 113 Å². The highest BCUT2D eigenvalue weighted by Crippen LogP contribution is 2.41. The van der Waals surface area contributed by atoms with Crippen LogP contribution in [0.5, 0.6) is 11.5 Å². The van der Waals surface area contributed by atoms with E-state index in [1.54, 1.807) is 26.2 Å². The molecule has 19 heavy (non-hydrogen) atoms. The van der Waals surface area contributed by atoms with Crippen molar-refractivity contribution in [2.45, 2.75) is 19.9 Å². The Morgan fingerprint density at radius 1 is 1.21 bits per heavy atom. The average molecular weight is 264 g/mol. The monoisotopic (exact) mass is 264 g/mol. The molecule has 0 aliphatic carbocycles. The van der Waals surface area contributed by atoms with E-state index in [0.717, 1.165) is 11.4 Å². The van der Waals surface area contributed by atoms with Crippen LogP contribution >= 0.6 is 0 Å². The standard InChI is InChI=1S/C14H20N2O3/c1-8(2)13-14(17)16(3)10-7-12(19-5)11(18-4)6-9(10)15-13/h6-8,13,15H,1-5H3. The minimum absolute atomic E-state index is 0.0646. The minimum atomic E-state index is -0.212. The van der Waals surface area contributed by atoms with Gasteiger partial charge in [-0.15, -0.1) is 0 Å². The van der Waals surface area contributed by atoms with Crippen LogP contribution in [-0.2, 0) is 4.79 Å². The molecule has 1 N–H and O–H groups in total. The maximum absolute atomic E-state index is 12.3. The lowest BCUT2D eigenvalue weighted by atomic mass is 9.99. The van der Waals surface area contributed by atoms with Gasteiger partial charge >= 0.3 is 0 Å². The summed E-state index contributed by atoms with van der Waals surface area (Å²) in [5, 5.41) is 3.28. The molecule has 1 atom stereocenters. The number of anilines is 2. The molecule has 1 heterocycles. The van der Waals surface area contributed by atoms with Crippen molar-refractivity contribution in [1.82, 2.24) is 0 Å². The van der Waals surface area contributed by atoms with E-state index in [1.807, 2.05) is 26.0 Å². The lowest BCUT2D eigenvalue weighted by Gasteiger charge is -2.35. The van der Waals surface area contributed by atoms with Gasteiger partial charge in [0.1, 0.15) is 6.04 Å². The maximum atomic E-state index is 12.3. The predicted molar refractivity (Wildman–Crippen MR) is 75.2 cm³/mol. The Morgan fingerprint density at radius 2 is 1.79 bits per heavy atom. The van der Waals surface area contributed by atoms with Crippen LogP contribution < -0.4 is 19.7 Å². The van der Waals surface area contributed by atoms with Gasteiger partial charge in [0.15, 0.2) is 11.5 Å². The number of carbonyl (C=O) groups is 1. The lowest BCUT2D eigenvalue weighted by molar-refractivity contribution is -0.120. The molecule has 0 saturated heterocycles. The van der Waals surface area contributed by atoms with Crippen LogP contribution in [0.25, 0.3) is 0 Å². The molecule has 5 heteroatoms. The Morgan fingerprint density at radius 3 is 2.32 bits per heavy atom. The van der Waals surface area contributed by atoms with Crippen LogP contribution in [0.3, 0.4) is 0 Å². The van der Waals surface area contributed by atoms with Crippen LogP contribution in [0.1, 0.15) is 13.8 Å². The molecule has 1 aliphatic heterocycles. The van der Waals surface area contributed by atoms with Gasteiger partial charge in [-0.05, 0) is 5.92 Å². The highest BCUT2D eigenvalue weighted by Gasteiger charge is 2.33. The summed E-state index contributed by atoms with van der Waals surface area (Å²) in [7, 11) is 4.96. The number of nitrogens with one attached hydrogen (secondary N) is 1. The Kier molecular flexibility index (Phi) is 3.55. The first-order chi connectivity index (χ1) is 8.99. The quantitative estimate of drug-likeness (QED) is 0.908. The number of nitrogens with zero attached hydrogens (tertiary/aromatic N) is 1. The second-order valence-corrected chi connectivity index (χ2v) is 4.99. The van der Waals surface area contributed by atoms with Crippen LogP contribution in [0.2, 0.25) is 0 Å². The second-order valence-electron chi connectivity index (χ2n) is 4.99. The summed E-state index contributed by atoms with van der Waals surface area (Å²) in [5.74, 6) is 1.55. The number of ether oxygens (including phenoxy) is 2. The minimum Gasteiger partial charge on any atom is -0.493 e. The molecular weight excluding hydrogens is 244 g/mol. The third-order valence-electron chi connectivity index (χ3n) is 3.44. The SMILES string of the molecule is COc1cc2c(cc1OC)N(C)C(=O)C(C(C)C)N2. The largest absolute Gasteiger partial charge is 0.493 e. The molecule has 104 valence electrons. The van der Waals surface area contributed by atoms with Crippen molar-refractivity contribution in [2.75, 3.05) is 31.5 Å². The number of fused-ring (bicyclic) bond motifs is 1. The van der Waals surface area contributed by atoms with Crippen LogP contribution in [-0.4, -0.2) is 33.2 Å². The lowest BCUT2D eigenvalue weighted by Crippen LogP contribution is -2.47. The number of amides is 1. The zero-order chi connectivity index (χ0) is 14.2. The van der Waals surface area contributed by atoms with E-state index in [2.05, 4.69) is 5.32 Å². The third-order valence-corrected chi connectivity index (χ3v) is 3.44. The van der Waals surface area contributed by atoms with Crippen molar-refractivity contribution in [3.63, 3.8) is 0 Å². The molecule has 1 aromatic rings. The van der Waals surface area contributed by atoms with Gasteiger partial charge in [-0.25, -0.2) is 0 Å². The molecule has 0 spiro atoms. The fourth-order valence-electron chi connectivity index (χ4n) is 2.27. The van der Waals surface area contributed by atoms with E-state index in [4.69, 9.17) is 9.47 Å². The average Bonchev–Trinajstić information content (AvgIpc) is 2.41. The molecule has 1 aromatic carbocycles. The molecule has 1 aliphatic rings. The van der Waals surface area contributed by atoms with Gasteiger partial charge in [-0.1, -0.05) is 13.8 Å². The van der Waals surface area contributed by atoms with Crippen LogP contribution in [0.15, 0.2) is 12.1 Å². The maximum Gasteiger partial charge on any atom is 0.249 e. The zero-order valence-corrected chi connectivity index (χ0v) is 12.0. The normalized spacial score (nSPS) is 18.1. The van der Waals surface area contributed by atoms with E-state index >= 15 is 0 Å². The van der Waals surface area contributed by atoms with E-state index < -0.39 is 0 Å². The number of likely N-dealkylation sites (N-methyl/N-ethyl adjacent to an activating group) is 1. The predicted octanol–water partition coefficient (Wildman–Crippen LogP) is 2.12. The molecule has 2 rings (SSSR count). The fourth-order valence-corrected chi connectivity index (χ4v) is 2.27. The Balaban J connectivity index is 2.50. The highest BCUT2D eigenvalue weighted by atomic mass is 16.5. The first-order valence-electron chi connectivity index (χ1n) is 6.29. The molecule has 0 aromatic heterocycles. The number of hydrogen-bond acceptors (Lipinski definition) is 4. The van der Waals surface area contributed by atoms with E-state index in [9.17, 15) is 4.79 Å². The summed E-state index contributed by atoms with van der Waals surface area (Å²) < 4.78 is 10.6. The first-order valence-corrected chi connectivity index (χ1v) is 6.29. The van der Waals surface area contributed by atoms with Gasteiger partial charge in [-0.3, -0.25) is 4.79 Å².